The summed E-state index contributed by atoms with van der Waals surface area (Å²) in [5.74, 6) is 0.563. The van der Waals surface area contributed by atoms with Gasteiger partial charge in [-0.3, -0.25) is 0 Å². The first-order chi connectivity index (χ1) is 8.67. The average molecular weight is 267 g/mol. The third-order valence-electron chi connectivity index (χ3n) is 4.06. The van der Waals surface area contributed by atoms with Gasteiger partial charge in [0.05, 0.1) is 5.69 Å². The zero-order chi connectivity index (χ0) is 13.1. The fourth-order valence-electron chi connectivity index (χ4n) is 2.30. The molecule has 0 aromatic carbocycles. The van der Waals surface area contributed by atoms with E-state index < -0.39 is 0 Å². The zero-order valence-corrected chi connectivity index (χ0v) is 12.8. The molecule has 1 aliphatic rings. The number of hydrogen-bond acceptors (Lipinski definition) is 4. The normalized spacial score (nSPS) is 17.6. The van der Waals surface area contributed by atoms with Gasteiger partial charge in [-0.25, -0.2) is 4.98 Å². The van der Waals surface area contributed by atoms with Gasteiger partial charge in [-0.05, 0) is 38.6 Å². The zero-order valence-electron chi connectivity index (χ0n) is 12.0. The summed E-state index contributed by atoms with van der Waals surface area (Å²) in [7, 11) is 4.21. The Morgan fingerprint density at radius 3 is 2.72 bits per heavy atom. The Kier molecular flexibility index (Phi) is 4.62. The van der Waals surface area contributed by atoms with Crippen molar-refractivity contribution in [2.24, 2.45) is 0 Å². The Morgan fingerprint density at radius 1 is 1.50 bits per heavy atom. The third-order valence-corrected chi connectivity index (χ3v) is 5.22. The van der Waals surface area contributed by atoms with E-state index in [1.165, 1.54) is 35.0 Å². The lowest BCUT2D eigenvalue weighted by Crippen LogP contribution is -2.37. The average Bonchev–Trinajstić information content (AvgIpc) is 2.70. The molecule has 1 unspecified atom stereocenters. The Bertz CT molecular complexity index is 384. The van der Waals surface area contributed by atoms with E-state index in [2.05, 4.69) is 31.1 Å². The fraction of sp³-hybridized carbons (Fsp3) is 0.786. The van der Waals surface area contributed by atoms with Gasteiger partial charge in [0.1, 0.15) is 0 Å². The standard InChI is InChI=1S/C14H25N3S/c1-5-10(2)13-12(9-15-3)18-14(16-13)17(4)11-7-6-8-11/h10-11,15H,5-9H2,1-4H3. The molecule has 0 saturated heterocycles. The van der Waals surface area contributed by atoms with Crippen LogP contribution in [0.2, 0.25) is 0 Å². The van der Waals surface area contributed by atoms with Crippen LogP contribution >= 0.6 is 11.3 Å². The predicted molar refractivity (Wildman–Crippen MR) is 79.6 cm³/mol. The molecule has 0 spiro atoms. The highest BCUT2D eigenvalue weighted by Gasteiger charge is 2.25. The molecule has 3 nitrogen and oxygen atoms in total. The van der Waals surface area contributed by atoms with Crippen LogP contribution in [-0.2, 0) is 6.54 Å². The third kappa shape index (κ3) is 2.69. The summed E-state index contributed by atoms with van der Waals surface area (Å²) in [5.41, 5.74) is 1.30. The number of aromatic nitrogens is 1. The van der Waals surface area contributed by atoms with Crippen molar-refractivity contribution < 1.29 is 0 Å². The van der Waals surface area contributed by atoms with Crippen LogP contribution < -0.4 is 10.2 Å². The largest absolute Gasteiger partial charge is 0.348 e. The molecule has 0 amide bonds. The summed E-state index contributed by atoms with van der Waals surface area (Å²) in [4.78, 5) is 8.71. The van der Waals surface area contributed by atoms with Gasteiger partial charge in [-0.2, -0.15) is 0 Å². The highest BCUT2D eigenvalue weighted by molar-refractivity contribution is 7.15. The van der Waals surface area contributed by atoms with E-state index in [0.717, 1.165) is 19.0 Å². The Morgan fingerprint density at radius 2 is 2.22 bits per heavy atom. The summed E-state index contributed by atoms with van der Waals surface area (Å²) >= 11 is 1.87. The number of nitrogens with zero attached hydrogens (tertiary/aromatic N) is 2. The molecule has 2 rings (SSSR count). The van der Waals surface area contributed by atoms with Crippen LogP contribution in [0.3, 0.4) is 0 Å². The van der Waals surface area contributed by atoms with Crippen molar-refractivity contribution in [1.29, 1.82) is 0 Å². The van der Waals surface area contributed by atoms with Crippen molar-refractivity contribution in [3.8, 4) is 0 Å². The van der Waals surface area contributed by atoms with Gasteiger partial charge >= 0.3 is 0 Å². The van der Waals surface area contributed by atoms with Gasteiger partial charge in [0.25, 0.3) is 0 Å². The van der Waals surface area contributed by atoms with E-state index in [0.29, 0.717) is 5.92 Å². The first-order valence-electron chi connectivity index (χ1n) is 7.04. The highest BCUT2D eigenvalue weighted by atomic mass is 32.1. The van der Waals surface area contributed by atoms with Crippen LogP contribution in [0.5, 0.6) is 0 Å². The molecule has 1 atom stereocenters. The monoisotopic (exact) mass is 267 g/mol. The second kappa shape index (κ2) is 6.02. The summed E-state index contributed by atoms with van der Waals surface area (Å²) in [5, 5.41) is 4.47. The molecule has 0 radical (unpaired) electrons. The fourth-order valence-corrected chi connectivity index (χ4v) is 3.52. The van der Waals surface area contributed by atoms with Crippen LogP contribution in [0.4, 0.5) is 5.13 Å². The van der Waals surface area contributed by atoms with E-state index in [1.807, 2.05) is 18.4 Å². The summed E-state index contributed by atoms with van der Waals surface area (Å²) < 4.78 is 0. The summed E-state index contributed by atoms with van der Waals surface area (Å²) in [6.07, 6.45) is 5.20. The number of hydrogen-bond donors (Lipinski definition) is 1. The lowest BCUT2D eigenvalue weighted by atomic mass is 9.92. The second-order valence-corrected chi connectivity index (χ2v) is 6.40. The molecule has 4 heteroatoms. The van der Waals surface area contributed by atoms with Crippen molar-refractivity contribution in [3.05, 3.63) is 10.6 Å². The number of anilines is 1. The first-order valence-corrected chi connectivity index (χ1v) is 7.86. The Hall–Kier alpha value is -0.610. The topological polar surface area (TPSA) is 28.2 Å². The molecule has 102 valence electrons. The van der Waals surface area contributed by atoms with Gasteiger partial charge in [0.2, 0.25) is 0 Å². The molecule has 1 N–H and O–H groups in total. The van der Waals surface area contributed by atoms with Crippen molar-refractivity contribution in [3.63, 3.8) is 0 Å². The molecule has 1 aromatic heterocycles. The Labute approximate surface area is 115 Å². The summed E-state index contributed by atoms with van der Waals surface area (Å²) in [6.45, 7) is 5.46. The lowest BCUT2D eigenvalue weighted by Gasteiger charge is -2.34. The predicted octanol–water partition coefficient (Wildman–Crippen LogP) is 3.36. The second-order valence-electron chi connectivity index (χ2n) is 5.34. The van der Waals surface area contributed by atoms with Crippen LogP contribution in [0.15, 0.2) is 0 Å². The van der Waals surface area contributed by atoms with Gasteiger partial charge in [-0.1, -0.05) is 13.8 Å². The van der Waals surface area contributed by atoms with Crippen LogP contribution in [0.25, 0.3) is 0 Å². The van der Waals surface area contributed by atoms with E-state index in [9.17, 15) is 0 Å². The number of rotatable bonds is 6. The van der Waals surface area contributed by atoms with Crippen molar-refractivity contribution in [2.45, 2.75) is 58.0 Å². The van der Waals surface area contributed by atoms with E-state index in [4.69, 9.17) is 4.98 Å². The van der Waals surface area contributed by atoms with Gasteiger partial charge in [0, 0.05) is 24.5 Å². The Balaban J connectivity index is 2.20. The first kappa shape index (κ1) is 13.8. The van der Waals surface area contributed by atoms with Crippen molar-refractivity contribution >= 4 is 16.5 Å². The quantitative estimate of drug-likeness (QED) is 0.856. The van der Waals surface area contributed by atoms with Gasteiger partial charge < -0.3 is 10.2 Å². The van der Waals surface area contributed by atoms with Crippen LogP contribution in [0.1, 0.15) is 56.0 Å². The minimum Gasteiger partial charge on any atom is -0.348 e. The number of thiazole rings is 1. The molecule has 0 bridgehead atoms. The molecule has 0 aliphatic heterocycles. The maximum Gasteiger partial charge on any atom is 0.185 e. The van der Waals surface area contributed by atoms with E-state index in [-0.39, 0.29) is 0 Å². The minimum absolute atomic E-state index is 0.563. The molecular weight excluding hydrogens is 242 g/mol. The molecule has 1 aliphatic carbocycles. The molecule has 1 saturated carbocycles. The molecule has 18 heavy (non-hydrogen) atoms. The van der Waals surface area contributed by atoms with E-state index >= 15 is 0 Å². The minimum atomic E-state index is 0.563. The molecule has 1 fully saturated rings. The SMILES string of the molecule is CCC(C)c1nc(N(C)C2CCC2)sc1CNC. The van der Waals surface area contributed by atoms with Crippen LogP contribution in [-0.4, -0.2) is 25.1 Å². The van der Waals surface area contributed by atoms with Crippen molar-refractivity contribution in [1.82, 2.24) is 10.3 Å². The molecule has 1 heterocycles. The van der Waals surface area contributed by atoms with Crippen LogP contribution in [0, 0.1) is 0 Å². The summed E-state index contributed by atoms with van der Waals surface area (Å²) in [6, 6.07) is 0.725. The number of nitrogens with one attached hydrogen (secondary N) is 1. The van der Waals surface area contributed by atoms with Gasteiger partial charge in [0.15, 0.2) is 5.13 Å². The maximum atomic E-state index is 4.91. The maximum absolute atomic E-state index is 4.91. The van der Waals surface area contributed by atoms with Gasteiger partial charge in [-0.15, -0.1) is 11.3 Å². The molecule has 1 aromatic rings. The molecular formula is C14H25N3S. The van der Waals surface area contributed by atoms with E-state index in [1.54, 1.807) is 0 Å². The smallest absolute Gasteiger partial charge is 0.185 e. The lowest BCUT2D eigenvalue weighted by molar-refractivity contribution is 0.400. The highest BCUT2D eigenvalue weighted by Crippen LogP contribution is 2.35. The van der Waals surface area contributed by atoms with Crippen molar-refractivity contribution in [2.75, 3.05) is 19.0 Å².